The second kappa shape index (κ2) is 9.04. The van der Waals surface area contributed by atoms with E-state index in [2.05, 4.69) is 6.92 Å². The van der Waals surface area contributed by atoms with Gasteiger partial charge in [-0.05, 0) is 43.9 Å². The maximum Gasteiger partial charge on any atom is 0.0962 e. The van der Waals surface area contributed by atoms with Crippen molar-refractivity contribution in [2.75, 3.05) is 6.61 Å². The Morgan fingerprint density at radius 2 is 1.50 bits per heavy atom. The molecule has 0 heterocycles. The normalized spacial score (nSPS) is 32.7. The van der Waals surface area contributed by atoms with Crippen molar-refractivity contribution >= 4 is 0 Å². The highest BCUT2D eigenvalue weighted by atomic mass is 16.5. The molecule has 3 rings (SSSR count). The molecule has 2 nitrogen and oxygen atoms in total. The highest BCUT2D eigenvalue weighted by Gasteiger charge is 2.42. The van der Waals surface area contributed by atoms with E-state index in [1.54, 1.807) is 0 Å². The molecule has 116 valence electrons. The summed E-state index contributed by atoms with van der Waals surface area (Å²) in [5.41, 5.74) is 0. The first kappa shape index (κ1) is 16.3. The lowest BCUT2D eigenvalue weighted by Gasteiger charge is -2.44. The zero-order chi connectivity index (χ0) is 14.2. The number of fused-ring (bicyclic) bond motifs is 3. The van der Waals surface area contributed by atoms with Crippen LogP contribution in [-0.2, 0) is 9.84 Å². The third-order valence-corrected chi connectivity index (χ3v) is 5.26. The first-order valence-corrected chi connectivity index (χ1v) is 8.88. The Labute approximate surface area is 125 Å². The van der Waals surface area contributed by atoms with E-state index in [-0.39, 0.29) is 6.10 Å². The smallest absolute Gasteiger partial charge is 0.0962 e. The lowest BCUT2D eigenvalue weighted by molar-refractivity contribution is -0.121. The van der Waals surface area contributed by atoms with Gasteiger partial charge in [0.2, 0.25) is 0 Å². The molecule has 0 aromatic rings. The van der Waals surface area contributed by atoms with Gasteiger partial charge in [0.05, 0.1) is 12.2 Å². The molecule has 0 aromatic carbocycles. The molecule has 0 N–H and O–H groups in total. The summed E-state index contributed by atoms with van der Waals surface area (Å²) in [6, 6.07) is 0. The lowest BCUT2D eigenvalue weighted by Crippen LogP contribution is -2.44. The van der Waals surface area contributed by atoms with Gasteiger partial charge in [-0.2, -0.15) is 0 Å². The molecular formula is C18H32O2. The molecule has 0 saturated heterocycles. The zero-order valence-electron chi connectivity index (χ0n) is 13.0. The minimum absolute atomic E-state index is 0.285. The number of hydrogen-bond acceptors (Lipinski definition) is 1. The maximum absolute atomic E-state index is 11.7. The van der Waals surface area contributed by atoms with Crippen LogP contribution in [0.25, 0.3) is 0 Å². The highest BCUT2D eigenvalue weighted by Crippen LogP contribution is 2.43. The van der Waals surface area contributed by atoms with Crippen LogP contribution in [0.5, 0.6) is 0 Å². The molecule has 3 aliphatic rings. The van der Waals surface area contributed by atoms with Gasteiger partial charge < -0.3 is 4.74 Å². The minimum Gasteiger partial charge on any atom is -0.378 e. The topological polar surface area (TPSA) is 29.1 Å². The van der Waals surface area contributed by atoms with Crippen LogP contribution in [0, 0.1) is 18.8 Å². The molecule has 2 heteroatoms. The number of ether oxygens (including phenoxy) is 1. The van der Waals surface area contributed by atoms with Crippen molar-refractivity contribution in [3.63, 3.8) is 0 Å². The van der Waals surface area contributed by atoms with E-state index in [0.717, 1.165) is 32.3 Å². The van der Waals surface area contributed by atoms with Gasteiger partial charge in [0, 0.05) is 6.61 Å². The third-order valence-electron chi connectivity index (χ3n) is 5.26. The Morgan fingerprint density at radius 1 is 0.850 bits per heavy atom. The second-order valence-corrected chi connectivity index (χ2v) is 6.85. The first-order valence-electron chi connectivity index (χ1n) is 8.88. The fraction of sp³-hybridized carbons (Fsp3) is 0.944. The maximum atomic E-state index is 11.7. The average molecular weight is 280 g/mol. The third kappa shape index (κ3) is 5.04. The van der Waals surface area contributed by atoms with E-state index in [4.69, 9.17) is 4.74 Å². The summed E-state index contributed by atoms with van der Waals surface area (Å²) in [5, 5.41) is 11.7. The summed E-state index contributed by atoms with van der Waals surface area (Å²) >= 11 is 0. The van der Waals surface area contributed by atoms with Crippen molar-refractivity contribution in [1.29, 1.82) is 0 Å². The first-order chi connectivity index (χ1) is 9.81. The molecule has 0 amide bonds. The summed E-state index contributed by atoms with van der Waals surface area (Å²) in [4.78, 5) is 0. The summed E-state index contributed by atoms with van der Waals surface area (Å²) in [6.07, 6.45) is 14.7. The van der Waals surface area contributed by atoms with Crippen LogP contribution < -0.4 is 0 Å². The molecule has 0 aliphatic heterocycles. The number of hydrogen-bond donors (Lipinski definition) is 0. The van der Waals surface area contributed by atoms with Crippen molar-refractivity contribution in [2.24, 2.45) is 11.8 Å². The molecular weight excluding hydrogens is 248 g/mol. The number of unbranched alkanes of at least 4 members (excludes halogenated alkanes) is 7. The molecule has 20 heavy (non-hydrogen) atoms. The molecule has 0 spiro atoms. The summed E-state index contributed by atoms with van der Waals surface area (Å²) in [6.45, 7) is 4.79. The van der Waals surface area contributed by atoms with Gasteiger partial charge in [0.1, 0.15) is 0 Å². The van der Waals surface area contributed by atoms with Crippen molar-refractivity contribution in [3.8, 4) is 0 Å². The van der Waals surface area contributed by atoms with E-state index in [9.17, 15) is 5.11 Å². The van der Waals surface area contributed by atoms with Gasteiger partial charge in [-0.3, -0.25) is 0 Å². The van der Waals surface area contributed by atoms with Crippen LogP contribution in [0.15, 0.2) is 0 Å². The van der Waals surface area contributed by atoms with Gasteiger partial charge >= 0.3 is 0 Å². The lowest BCUT2D eigenvalue weighted by atomic mass is 9.67. The Morgan fingerprint density at radius 3 is 2.10 bits per heavy atom. The Hall–Kier alpha value is -0.0800. The van der Waals surface area contributed by atoms with Crippen LogP contribution in [-0.4, -0.2) is 18.8 Å². The molecule has 4 unspecified atom stereocenters. The molecule has 2 radical (unpaired) electrons. The zero-order valence-corrected chi connectivity index (χ0v) is 13.0. The molecule has 2 bridgehead atoms. The summed E-state index contributed by atoms with van der Waals surface area (Å²) < 4.78 is 6.06. The second-order valence-electron chi connectivity index (χ2n) is 6.85. The minimum atomic E-state index is -0.285. The predicted molar refractivity (Wildman–Crippen MR) is 82.0 cm³/mol. The van der Waals surface area contributed by atoms with E-state index in [1.165, 1.54) is 51.4 Å². The average Bonchev–Trinajstić information content (AvgIpc) is 2.46. The Balaban J connectivity index is 1.44. The summed E-state index contributed by atoms with van der Waals surface area (Å²) in [7, 11) is 0. The van der Waals surface area contributed by atoms with E-state index in [1.807, 2.05) is 0 Å². The molecule has 3 fully saturated rings. The van der Waals surface area contributed by atoms with Gasteiger partial charge in [0.25, 0.3) is 0 Å². The van der Waals surface area contributed by atoms with Gasteiger partial charge in [-0.15, -0.1) is 0 Å². The summed E-state index contributed by atoms with van der Waals surface area (Å²) in [5.74, 6) is 0.989. The highest BCUT2D eigenvalue weighted by molar-refractivity contribution is 4.92. The quantitative estimate of drug-likeness (QED) is 0.521. The van der Waals surface area contributed by atoms with Crippen LogP contribution >= 0.6 is 0 Å². The van der Waals surface area contributed by atoms with Gasteiger partial charge in [-0.1, -0.05) is 51.9 Å². The van der Waals surface area contributed by atoms with Crippen LogP contribution in [0.1, 0.15) is 77.0 Å². The van der Waals surface area contributed by atoms with E-state index < -0.39 is 0 Å². The van der Waals surface area contributed by atoms with Gasteiger partial charge in [0.15, 0.2) is 0 Å². The standard InChI is InChI=1S/C18H32O2/c1-2-3-4-5-6-7-8-9-12-20-18-14-15-10-11-16(18)13-17(15)19/h15-18H,1-14H2. The van der Waals surface area contributed by atoms with Crippen LogP contribution in [0.2, 0.25) is 0 Å². The molecule has 4 atom stereocenters. The molecule has 3 saturated carbocycles. The van der Waals surface area contributed by atoms with Crippen molar-refractivity contribution in [1.82, 2.24) is 0 Å². The van der Waals surface area contributed by atoms with Crippen molar-refractivity contribution < 1.29 is 9.84 Å². The van der Waals surface area contributed by atoms with Crippen molar-refractivity contribution in [3.05, 3.63) is 6.92 Å². The largest absolute Gasteiger partial charge is 0.378 e. The molecule has 0 aromatic heterocycles. The van der Waals surface area contributed by atoms with Crippen molar-refractivity contribution in [2.45, 2.75) is 89.3 Å². The molecule has 3 aliphatic carbocycles. The number of rotatable bonds is 10. The Kier molecular flexibility index (Phi) is 7.37. The SMILES string of the molecule is [CH2]CCCCCCCCCOC1CC2CCC1CC2[O]. The fourth-order valence-corrected chi connectivity index (χ4v) is 3.92. The monoisotopic (exact) mass is 280 g/mol. The van der Waals surface area contributed by atoms with Crippen LogP contribution in [0.3, 0.4) is 0 Å². The predicted octanol–water partition coefficient (Wildman–Crippen LogP) is 4.95. The van der Waals surface area contributed by atoms with E-state index in [0.29, 0.717) is 17.9 Å². The van der Waals surface area contributed by atoms with E-state index >= 15 is 0 Å². The van der Waals surface area contributed by atoms with Gasteiger partial charge in [-0.25, -0.2) is 5.11 Å². The fourth-order valence-electron chi connectivity index (χ4n) is 3.92. The Bertz CT molecular complexity index is 254. The van der Waals surface area contributed by atoms with Crippen LogP contribution in [0.4, 0.5) is 0 Å².